The third-order valence-corrected chi connectivity index (χ3v) is 4.70. The normalized spacial score (nSPS) is 17.8. The van der Waals surface area contributed by atoms with Crippen molar-refractivity contribution in [2.75, 3.05) is 41.9 Å². The SMILES string of the molecule is CNc1nc(C)c([N+](=O)[O-])c(N2CCS(=O)(=O)CC2)n1. The number of hydrogen-bond donors (Lipinski definition) is 1. The molecule has 20 heavy (non-hydrogen) atoms. The van der Waals surface area contributed by atoms with Gasteiger partial charge in [-0.3, -0.25) is 10.1 Å². The second-order valence-electron chi connectivity index (χ2n) is 4.45. The average Bonchev–Trinajstić information content (AvgIpc) is 2.37. The Kier molecular flexibility index (Phi) is 3.75. The molecular weight excluding hydrogens is 286 g/mol. The molecule has 1 saturated heterocycles. The van der Waals surface area contributed by atoms with Crippen molar-refractivity contribution in [2.24, 2.45) is 0 Å². The van der Waals surface area contributed by atoms with Gasteiger partial charge in [0.2, 0.25) is 11.8 Å². The Morgan fingerprint density at radius 2 is 1.90 bits per heavy atom. The Morgan fingerprint density at radius 3 is 2.40 bits per heavy atom. The molecule has 2 rings (SSSR count). The second kappa shape index (κ2) is 5.19. The molecule has 0 spiro atoms. The van der Waals surface area contributed by atoms with Crippen LogP contribution in [0, 0.1) is 17.0 Å². The van der Waals surface area contributed by atoms with Gasteiger partial charge in [0, 0.05) is 20.1 Å². The van der Waals surface area contributed by atoms with E-state index in [0.717, 1.165) is 0 Å². The van der Waals surface area contributed by atoms with Gasteiger partial charge in [-0.25, -0.2) is 13.4 Å². The fourth-order valence-corrected chi connectivity index (χ4v) is 3.22. The van der Waals surface area contributed by atoms with Gasteiger partial charge < -0.3 is 10.2 Å². The number of hydrogen-bond acceptors (Lipinski definition) is 8. The number of anilines is 2. The molecule has 0 bridgehead atoms. The van der Waals surface area contributed by atoms with Gasteiger partial charge in [-0.15, -0.1) is 0 Å². The molecule has 1 aromatic heterocycles. The van der Waals surface area contributed by atoms with E-state index in [4.69, 9.17) is 0 Å². The summed E-state index contributed by atoms with van der Waals surface area (Å²) in [6, 6.07) is 0. The Bertz CT molecular complexity index is 631. The zero-order chi connectivity index (χ0) is 14.9. The molecule has 0 aromatic carbocycles. The van der Waals surface area contributed by atoms with Gasteiger partial charge in [-0.05, 0) is 6.92 Å². The number of aromatic nitrogens is 2. The number of nitro groups is 1. The van der Waals surface area contributed by atoms with Gasteiger partial charge >= 0.3 is 5.69 Å². The van der Waals surface area contributed by atoms with E-state index in [1.807, 2.05) is 0 Å². The lowest BCUT2D eigenvalue weighted by Gasteiger charge is -2.27. The maximum atomic E-state index is 11.4. The first-order chi connectivity index (χ1) is 9.34. The standard InChI is InChI=1S/C10H15N5O4S/c1-7-8(15(16)17)9(13-10(11-2)12-7)14-3-5-20(18,19)6-4-14/h3-6H2,1-2H3,(H,11,12,13). The Morgan fingerprint density at radius 1 is 1.30 bits per heavy atom. The van der Waals surface area contributed by atoms with Crippen LogP contribution in [0.15, 0.2) is 0 Å². The van der Waals surface area contributed by atoms with Crippen LogP contribution in [0.3, 0.4) is 0 Å². The summed E-state index contributed by atoms with van der Waals surface area (Å²) in [7, 11) is -1.44. The molecule has 0 unspecified atom stereocenters. The number of rotatable bonds is 3. The Balaban J connectivity index is 2.44. The summed E-state index contributed by atoms with van der Waals surface area (Å²) in [5, 5.41) is 13.9. The van der Waals surface area contributed by atoms with Crippen molar-refractivity contribution in [3.8, 4) is 0 Å². The predicted octanol–water partition coefficient (Wildman–Crippen LogP) is -0.0303. The highest BCUT2D eigenvalue weighted by molar-refractivity contribution is 7.91. The van der Waals surface area contributed by atoms with Crippen molar-refractivity contribution in [1.82, 2.24) is 9.97 Å². The summed E-state index contributed by atoms with van der Waals surface area (Å²) in [4.78, 5) is 20.4. The van der Waals surface area contributed by atoms with E-state index in [9.17, 15) is 18.5 Å². The molecule has 10 heteroatoms. The molecule has 0 radical (unpaired) electrons. The third kappa shape index (κ3) is 2.79. The molecule has 2 heterocycles. The molecular formula is C10H15N5O4S. The smallest absolute Gasteiger partial charge is 0.332 e. The first-order valence-corrected chi connectivity index (χ1v) is 7.82. The number of sulfone groups is 1. The lowest BCUT2D eigenvalue weighted by molar-refractivity contribution is -0.385. The van der Waals surface area contributed by atoms with Crippen LogP contribution in [0.2, 0.25) is 0 Å². The number of aryl methyl sites for hydroxylation is 1. The van der Waals surface area contributed by atoms with E-state index >= 15 is 0 Å². The van der Waals surface area contributed by atoms with Crippen LogP contribution in [0.5, 0.6) is 0 Å². The molecule has 1 aliphatic heterocycles. The molecule has 0 saturated carbocycles. The number of nitrogens with one attached hydrogen (secondary N) is 1. The van der Waals surface area contributed by atoms with Crippen LogP contribution >= 0.6 is 0 Å². The van der Waals surface area contributed by atoms with Gasteiger partial charge in [0.05, 0.1) is 16.4 Å². The van der Waals surface area contributed by atoms with Crippen LogP contribution < -0.4 is 10.2 Å². The third-order valence-electron chi connectivity index (χ3n) is 3.09. The Hall–Kier alpha value is -1.97. The summed E-state index contributed by atoms with van der Waals surface area (Å²) >= 11 is 0. The maximum absolute atomic E-state index is 11.4. The van der Waals surface area contributed by atoms with Crippen molar-refractivity contribution < 1.29 is 13.3 Å². The van der Waals surface area contributed by atoms with Gasteiger partial charge in [0.15, 0.2) is 9.84 Å². The predicted molar refractivity (Wildman–Crippen MR) is 73.8 cm³/mol. The zero-order valence-corrected chi connectivity index (χ0v) is 12.0. The van der Waals surface area contributed by atoms with Crippen LogP contribution in [-0.2, 0) is 9.84 Å². The quantitative estimate of drug-likeness (QED) is 0.610. The van der Waals surface area contributed by atoms with Crippen molar-refractivity contribution >= 4 is 27.3 Å². The summed E-state index contributed by atoms with van der Waals surface area (Å²) in [5.74, 6) is 0.391. The Labute approximate surface area is 116 Å². The first kappa shape index (κ1) is 14.4. The fourth-order valence-electron chi connectivity index (χ4n) is 2.02. The van der Waals surface area contributed by atoms with Gasteiger partial charge in [-0.2, -0.15) is 4.98 Å². The fraction of sp³-hybridized carbons (Fsp3) is 0.600. The lowest BCUT2D eigenvalue weighted by Crippen LogP contribution is -2.41. The van der Waals surface area contributed by atoms with Crippen molar-refractivity contribution in [3.05, 3.63) is 15.8 Å². The summed E-state index contributed by atoms with van der Waals surface area (Å²) in [6.07, 6.45) is 0. The average molecular weight is 301 g/mol. The monoisotopic (exact) mass is 301 g/mol. The van der Waals surface area contributed by atoms with Crippen LogP contribution in [0.1, 0.15) is 5.69 Å². The van der Waals surface area contributed by atoms with E-state index in [2.05, 4.69) is 15.3 Å². The van der Waals surface area contributed by atoms with Crippen molar-refractivity contribution in [3.63, 3.8) is 0 Å². The second-order valence-corrected chi connectivity index (χ2v) is 6.75. The minimum atomic E-state index is -3.05. The van der Waals surface area contributed by atoms with Crippen LogP contribution in [-0.4, -0.2) is 55.0 Å². The summed E-state index contributed by atoms with van der Waals surface area (Å²) in [6.45, 7) is 1.93. The van der Waals surface area contributed by atoms with E-state index in [-0.39, 0.29) is 47.7 Å². The van der Waals surface area contributed by atoms with Crippen molar-refractivity contribution in [2.45, 2.75) is 6.92 Å². The maximum Gasteiger partial charge on any atom is 0.332 e. The first-order valence-electron chi connectivity index (χ1n) is 6.00. The van der Waals surface area contributed by atoms with E-state index in [0.29, 0.717) is 0 Å². The number of nitrogens with zero attached hydrogens (tertiary/aromatic N) is 4. The highest BCUT2D eigenvalue weighted by atomic mass is 32.2. The molecule has 1 aliphatic rings. The largest absolute Gasteiger partial charge is 0.357 e. The molecule has 1 aromatic rings. The molecule has 110 valence electrons. The minimum absolute atomic E-state index is 0.0257. The molecule has 1 N–H and O–H groups in total. The van der Waals surface area contributed by atoms with E-state index in [1.165, 1.54) is 6.92 Å². The van der Waals surface area contributed by atoms with Gasteiger partial charge in [-0.1, -0.05) is 0 Å². The minimum Gasteiger partial charge on any atom is -0.357 e. The highest BCUT2D eigenvalue weighted by Crippen LogP contribution is 2.30. The zero-order valence-electron chi connectivity index (χ0n) is 11.2. The van der Waals surface area contributed by atoms with Gasteiger partial charge in [0.25, 0.3) is 0 Å². The van der Waals surface area contributed by atoms with E-state index < -0.39 is 14.8 Å². The summed E-state index contributed by atoms with van der Waals surface area (Å²) < 4.78 is 22.9. The topological polar surface area (TPSA) is 118 Å². The lowest BCUT2D eigenvalue weighted by atomic mass is 10.3. The van der Waals surface area contributed by atoms with Gasteiger partial charge in [0.1, 0.15) is 5.69 Å². The van der Waals surface area contributed by atoms with E-state index in [1.54, 1.807) is 11.9 Å². The molecule has 1 fully saturated rings. The van der Waals surface area contributed by atoms with Crippen LogP contribution in [0.4, 0.5) is 17.5 Å². The highest BCUT2D eigenvalue weighted by Gasteiger charge is 2.30. The van der Waals surface area contributed by atoms with Crippen molar-refractivity contribution in [1.29, 1.82) is 0 Å². The summed E-state index contributed by atoms with van der Waals surface area (Å²) in [5.41, 5.74) is 0.0704. The molecule has 0 aliphatic carbocycles. The molecule has 0 amide bonds. The molecule has 0 atom stereocenters. The molecule has 9 nitrogen and oxygen atoms in total. The van der Waals surface area contributed by atoms with Crippen LogP contribution in [0.25, 0.3) is 0 Å².